The molecule has 0 bridgehead atoms. The van der Waals surface area contributed by atoms with Crippen LogP contribution in [0.3, 0.4) is 0 Å². The second kappa shape index (κ2) is 7.13. The summed E-state index contributed by atoms with van der Waals surface area (Å²) in [6.07, 6.45) is 4.50. The SMILES string of the molecule is CC(NC(=O)c1ccccc1)C(=O)N1CCOC2CCCCC21. The van der Waals surface area contributed by atoms with Gasteiger partial charge in [-0.2, -0.15) is 0 Å². The molecule has 1 heterocycles. The number of hydrogen-bond acceptors (Lipinski definition) is 3. The quantitative estimate of drug-likeness (QED) is 0.927. The van der Waals surface area contributed by atoms with Crippen molar-refractivity contribution in [2.24, 2.45) is 0 Å². The van der Waals surface area contributed by atoms with Crippen molar-refractivity contribution in [3.63, 3.8) is 0 Å². The highest BCUT2D eigenvalue weighted by Gasteiger charge is 2.38. The first-order chi connectivity index (χ1) is 11.2. The Morgan fingerprint density at radius 1 is 1.22 bits per heavy atom. The Morgan fingerprint density at radius 2 is 1.96 bits per heavy atom. The molecule has 124 valence electrons. The van der Waals surface area contributed by atoms with Crippen LogP contribution in [0, 0.1) is 0 Å². The van der Waals surface area contributed by atoms with Crippen molar-refractivity contribution in [3.8, 4) is 0 Å². The molecule has 1 saturated heterocycles. The van der Waals surface area contributed by atoms with E-state index in [2.05, 4.69) is 5.32 Å². The van der Waals surface area contributed by atoms with E-state index >= 15 is 0 Å². The van der Waals surface area contributed by atoms with E-state index in [9.17, 15) is 9.59 Å². The highest BCUT2D eigenvalue weighted by atomic mass is 16.5. The van der Waals surface area contributed by atoms with E-state index in [1.165, 1.54) is 6.42 Å². The Bertz CT molecular complexity index is 559. The number of rotatable bonds is 3. The van der Waals surface area contributed by atoms with Crippen LogP contribution in [-0.4, -0.2) is 48.1 Å². The van der Waals surface area contributed by atoms with E-state index in [1.54, 1.807) is 19.1 Å². The number of ether oxygens (including phenoxy) is 1. The third-order valence-corrected chi connectivity index (χ3v) is 4.77. The average Bonchev–Trinajstić information content (AvgIpc) is 2.61. The zero-order valence-corrected chi connectivity index (χ0v) is 13.5. The minimum absolute atomic E-state index is 0.00511. The summed E-state index contributed by atoms with van der Waals surface area (Å²) in [5.74, 6) is -0.214. The summed E-state index contributed by atoms with van der Waals surface area (Å²) in [7, 11) is 0. The molecule has 1 saturated carbocycles. The van der Waals surface area contributed by atoms with Gasteiger partial charge in [0.2, 0.25) is 5.91 Å². The molecule has 0 radical (unpaired) electrons. The van der Waals surface area contributed by atoms with Gasteiger partial charge in [0.25, 0.3) is 5.91 Å². The Balaban J connectivity index is 1.63. The van der Waals surface area contributed by atoms with Crippen molar-refractivity contribution in [2.75, 3.05) is 13.2 Å². The molecule has 0 spiro atoms. The first-order valence-electron chi connectivity index (χ1n) is 8.45. The van der Waals surface area contributed by atoms with Crippen LogP contribution >= 0.6 is 0 Å². The second-order valence-corrected chi connectivity index (χ2v) is 6.35. The molecule has 1 aliphatic heterocycles. The average molecular weight is 316 g/mol. The zero-order valence-electron chi connectivity index (χ0n) is 13.5. The lowest BCUT2D eigenvalue weighted by Crippen LogP contribution is -2.58. The first kappa shape index (κ1) is 16.0. The molecule has 3 rings (SSSR count). The predicted molar refractivity (Wildman–Crippen MR) is 87.1 cm³/mol. The summed E-state index contributed by atoms with van der Waals surface area (Å²) in [6, 6.07) is 8.63. The fraction of sp³-hybridized carbons (Fsp3) is 0.556. The summed E-state index contributed by atoms with van der Waals surface area (Å²) in [5.41, 5.74) is 0.574. The second-order valence-electron chi connectivity index (χ2n) is 6.35. The third kappa shape index (κ3) is 3.55. The minimum Gasteiger partial charge on any atom is -0.374 e. The van der Waals surface area contributed by atoms with Crippen LogP contribution in [0.5, 0.6) is 0 Å². The van der Waals surface area contributed by atoms with Crippen LogP contribution in [0.2, 0.25) is 0 Å². The molecule has 5 nitrogen and oxygen atoms in total. The lowest BCUT2D eigenvalue weighted by molar-refractivity contribution is -0.151. The highest BCUT2D eigenvalue weighted by molar-refractivity contribution is 5.97. The van der Waals surface area contributed by atoms with Crippen molar-refractivity contribution in [1.82, 2.24) is 10.2 Å². The van der Waals surface area contributed by atoms with Gasteiger partial charge in [0.15, 0.2) is 0 Å². The van der Waals surface area contributed by atoms with Gasteiger partial charge in [0, 0.05) is 12.1 Å². The maximum atomic E-state index is 12.8. The van der Waals surface area contributed by atoms with E-state index < -0.39 is 6.04 Å². The van der Waals surface area contributed by atoms with Gasteiger partial charge in [-0.15, -0.1) is 0 Å². The van der Waals surface area contributed by atoms with Gasteiger partial charge >= 0.3 is 0 Å². The molecule has 1 aliphatic carbocycles. The van der Waals surface area contributed by atoms with E-state index in [-0.39, 0.29) is 24.0 Å². The predicted octanol–water partition coefficient (Wildman–Crippen LogP) is 1.97. The van der Waals surface area contributed by atoms with Gasteiger partial charge in [-0.1, -0.05) is 31.0 Å². The van der Waals surface area contributed by atoms with Gasteiger partial charge < -0.3 is 15.0 Å². The number of hydrogen-bond donors (Lipinski definition) is 1. The largest absolute Gasteiger partial charge is 0.374 e. The van der Waals surface area contributed by atoms with Gasteiger partial charge in [-0.25, -0.2) is 0 Å². The smallest absolute Gasteiger partial charge is 0.251 e. The molecule has 0 aromatic heterocycles. The summed E-state index contributed by atoms with van der Waals surface area (Å²) >= 11 is 0. The first-order valence-corrected chi connectivity index (χ1v) is 8.45. The number of amides is 2. The Morgan fingerprint density at radius 3 is 2.74 bits per heavy atom. The maximum absolute atomic E-state index is 12.8. The van der Waals surface area contributed by atoms with Gasteiger partial charge in [0.05, 0.1) is 18.8 Å². The molecule has 2 fully saturated rings. The normalized spacial score (nSPS) is 25.3. The molecule has 2 aliphatic rings. The van der Waals surface area contributed by atoms with Crippen molar-refractivity contribution in [3.05, 3.63) is 35.9 Å². The van der Waals surface area contributed by atoms with Crippen molar-refractivity contribution in [2.45, 2.75) is 50.8 Å². The molecule has 1 aromatic carbocycles. The Kier molecular flexibility index (Phi) is 4.96. The van der Waals surface area contributed by atoms with E-state index in [0.717, 1.165) is 19.3 Å². The van der Waals surface area contributed by atoms with Gasteiger partial charge in [0.1, 0.15) is 6.04 Å². The standard InChI is InChI=1S/C18H24N2O3/c1-13(19-17(21)14-7-3-2-4-8-14)18(22)20-11-12-23-16-10-6-5-9-15(16)20/h2-4,7-8,13,15-16H,5-6,9-12H2,1H3,(H,19,21). The van der Waals surface area contributed by atoms with Gasteiger partial charge in [-0.3, -0.25) is 9.59 Å². The van der Waals surface area contributed by atoms with E-state index in [4.69, 9.17) is 4.74 Å². The van der Waals surface area contributed by atoms with Crippen LogP contribution in [0.1, 0.15) is 43.0 Å². The number of carbonyl (C=O) groups excluding carboxylic acids is 2. The lowest BCUT2D eigenvalue weighted by atomic mass is 9.90. The van der Waals surface area contributed by atoms with E-state index in [1.807, 2.05) is 23.1 Å². The summed E-state index contributed by atoms with van der Waals surface area (Å²) < 4.78 is 5.81. The number of nitrogens with one attached hydrogen (secondary N) is 1. The number of benzene rings is 1. The number of fused-ring (bicyclic) bond motifs is 1. The molecule has 1 aromatic rings. The third-order valence-electron chi connectivity index (χ3n) is 4.77. The van der Waals surface area contributed by atoms with Crippen LogP contribution < -0.4 is 5.32 Å². The fourth-order valence-corrected chi connectivity index (χ4v) is 3.55. The van der Waals surface area contributed by atoms with E-state index in [0.29, 0.717) is 18.7 Å². The summed E-state index contributed by atoms with van der Waals surface area (Å²) in [5, 5.41) is 2.82. The molecular weight excluding hydrogens is 292 g/mol. The molecule has 1 N–H and O–H groups in total. The van der Waals surface area contributed by atoms with Crippen LogP contribution in [0.25, 0.3) is 0 Å². The monoisotopic (exact) mass is 316 g/mol. The number of carbonyl (C=O) groups is 2. The van der Waals surface area contributed by atoms with Gasteiger partial charge in [-0.05, 0) is 31.9 Å². The van der Waals surface area contributed by atoms with Crippen molar-refractivity contribution >= 4 is 11.8 Å². The fourth-order valence-electron chi connectivity index (χ4n) is 3.55. The minimum atomic E-state index is -0.525. The summed E-state index contributed by atoms with van der Waals surface area (Å²) in [6.45, 7) is 2.97. The Hall–Kier alpha value is -1.88. The number of nitrogens with zero attached hydrogens (tertiary/aromatic N) is 1. The zero-order chi connectivity index (χ0) is 16.2. The van der Waals surface area contributed by atoms with Crippen LogP contribution in [-0.2, 0) is 9.53 Å². The molecule has 3 atom stereocenters. The van der Waals surface area contributed by atoms with Crippen LogP contribution in [0.4, 0.5) is 0 Å². The maximum Gasteiger partial charge on any atom is 0.251 e. The lowest BCUT2D eigenvalue weighted by Gasteiger charge is -2.44. The van der Waals surface area contributed by atoms with Crippen LogP contribution in [0.15, 0.2) is 30.3 Å². The molecule has 23 heavy (non-hydrogen) atoms. The molecule has 5 heteroatoms. The molecular formula is C18H24N2O3. The molecule has 2 amide bonds. The van der Waals surface area contributed by atoms with Crippen molar-refractivity contribution < 1.29 is 14.3 Å². The summed E-state index contributed by atoms with van der Waals surface area (Å²) in [4.78, 5) is 26.9. The molecule has 3 unspecified atom stereocenters. The van der Waals surface area contributed by atoms with Crippen molar-refractivity contribution in [1.29, 1.82) is 0 Å². The number of morpholine rings is 1. The highest BCUT2D eigenvalue weighted by Crippen LogP contribution is 2.28. The Labute approximate surface area is 137 Å². The topological polar surface area (TPSA) is 58.6 Å².